The lowest BCUT2D eigenvalue weighted by Gasteiger charge is -2.30. The molecule has 0 radical (unpaired) electrons. The SMILES string of the molecule is Cc1cc(F)c(Br)cc1NC1CCCSC1C. The first-order chi connectivity index (χ1) is 8.08. The summed E-state index contributed by atoms with van der Waals surface area (Å²) in [6.07, 6.45) is 2.46. The van der Waals surface area contributed by atoms with E-state index in [1.807, 2.05) is 24.8 Å². The van der Waals surface area contributed by atoms with Crippen molar-refractivity contribution in [2.24, 2.45) is 0 Å². The Kier molecular flexibility index (Phi) is 4.36. The van der Waals surface area contributed by atoms with E-state index in [4.69, 9.17) is 0 Å². The quantitative estimate of drug-likeness (QED) is 0.856. The fourth-order valence-corrected chi connectivity index (χ4v) is 3.60. The summed E-state index contributed by atoms with van der Waals surface area (Å²) in [6, 6.07) is 3.91. The largest absolute Gasteiger partial charge is 0.381 e. The fourth-order valence-electron chi connectivity index (χ4n) is 2.11. The Morgan fingerprint density at radius 1 is 1.47 bits per heavy atom. The van der Waals surface area contributed by atoms with E-state index in [1.165, 1.54) is 18.6 Å². The summed E-state index contributed by atoms with van der Waals surface area (Å²) in [5, 5.41) is 4.17. The maximum Gasteiger partial charge on any atom is 0.137 e. The van der Waals surface area contributed by atoms with Crippen molar-refractivity contribution >= 4 is 33.4 Å². The van der Waals surface area contributed by atoms with Gasteiger partial charge in [-0.25, -0.2) is 4.39 Å². The highest BCUT2D eigenvalue weighted by Gasteiger charge is 2.22. The first-order valence-corrected chi connectivity index (χ1v) is 7.76. The Hall–Kier alpha value is -0.220. The molecule has 1 aliphatic heterocycles. The maximum absolute atomic E-state index is 13.3. The Bertz CT molecular complexity index is 411. The summed E-state index contributed by atoms with van der Waals surface area (Å²) in [5.41, 5.74) is 2.01. The van der Waals surface area contributed by atoms with Gasteiger partial charge in [-0.05, 0) is 59.1 Å². The van der Waals surface area contributed by atoms with E-state index in [1.54, 1.807) is 6.07 Å². The lowest BCUT2D eigenvalue weighted by atomic mass is 10.1. The Morgan fingerprint density at radius 2 is 2.24 bits per heavy atom. The van der Waals surface area contributed by atoms with Gasteiger partial charge in [-0.3, -0.25) is 0 Å². The van der Waals surface area contributed by atoms with E-state index in [-0.39, 0.29) is 5.82 Å². The van der Waals surface area contributed by atoms with Crippen LogP contribution >= 0.6 is 27.7 Å². The molecule has 1 aromatic carbocycles. The van der Waals surface area contributed by atoms with Gasteiger partial charge >= 0.3 is 0 Å². The summed E-state index contributed by atoms with van der Waals surface area (Å²) in [4.78, 5) is 0. The average molecular weight is 318 g/mol. The topological polar surface area (TPSA) is 12.0 Å². The third-order valence-corrected chi connectivity index (χ3v) is 5.20. The average Bonchev–Trinajstić information content (AvgIpc) is 2.29. The lowest BCUT2D eigenvalue weighted by molar-refractivity contribution is 0.611. The van der Waals surface area contributed by atoms with Crippen LogP contribution in [0.25, 0.3) is 0 Å². The van der Waals surface area contributed by atoms with Gasteiger partial charge in [0.1, 0.15) is 5.82 Å². The van der Waals surface area contributed by atoms with Crippen LogP contribution in [0.3, 0.4) is 0 Å². The first kappa shape index (κ1) is 13.2. The minimum Gasteiger partial charge on any atom is -0.381 e. The van der Waals surface area contributed by atoms with Gasteiger partial charge in [-0.15, -0.1) is 0 Å². The van der Waals surface area contributed by atoms with Gasteiger partial charge in [0.25, 0.3) is 0 Å². The van der Waals surface area contributed by atoms with Crippen molar-refractivity contribution in [2.45, 2.75) is 38.0 Å². The van der Waals surface area contributed by atoms with E-state index in [0.29, 0.717) is 15.8 Å². The highest BCUT2D eigenvalue weighted by molar-refractivity contribution is 9.10. The molecule has 2 unspecified atom stereocenters. The Balaban J connectivity index is 2.15. The zero-order valence-electron chi connectivity index (χ0n) is 10.1. The second-order valence-corrected chi connectivity index (χ2v) is 6.89. The molecule has 94 valence electrons. The van der Waals surface area contributed by atoms with E-state index >= 15 is 0 Å². The molecule has 1 fully saturated rings. The molecule has 1 N–H and O–H groups in total. The molecule has 0 spiro atoms. The second kappa shape index (κ2) is 5.61. The number of anilines is 1. The number of benzene rings is 1. The van der Waals surface area contributed by atoms with Gasteiger partial charge in [0.15, 0.2) is 0 Å². The van der Waals surface area contributed by atoms with Crippen molar-refractivity contribution in [3.63, 3.8) is 0 Å². The van der Waals surface area contributed by atoms with Crippen molar-refractivity contribution in [3.8, 4) is 0 Å². The Labute approximate surface area is 115 Å². The fraction of sp³-hybridized carbons (Fsp3) is 0.538. The van der Waals surface area contributed by atoms with Crippen LogP contribution in [-0.4, -0.2) is 17.0 Å². The minimum atomic E-state index is -0.195. The van der Waals surface area contributed by atoms with E-state index < -0.39 is 0 Å². The van der Waals surface area contributed by atoms with Crippen LogP contribution in [0.1, 0.15) is 25.3 Å². The molecule has 1 aromatic rings. The van der Waals surface area contributed by atoms with Crippen LogP contribution < -0.4 is 5.32 Å². The molecule has 1 saturated heterocycles. The van der Waals surface area contributed by atoms with E-state index in [9.17, 15) is 4.39 Å². The van der Waals surface area contributed by atoms with Crippen molar-refractivity contribution in [3.05, 3.63) is 28.0 Å². The molecule has 17 heavy (non-hydrogen) atoms. The number of rotatable bonds is 2. The summed E-state index contributed by atoms with van der Waals surface area (Å²) >= 11 is 5.25. The van der Waals surface area contributed by atoms with E-state index in [2.05, 4.69) is 28.2 Å². The number of hydrogen-bond donors (Lipinski definition) is 1. The van der Waals surface area contributed by atoms with Gasteiger partial charge < -0.3 is 5.32 Å². The number of nitrogens with one attached hydrogen (secondary N) is 1. The van der Waals surface area contributed by atoms with Gasteiger partial charge in [0.05, 0.1) is 4.47 Å². The predicted octanol–water partition coefficient (Wildman–Crippen LogP) is 4.59. The molecule has 1 nitrogen and oxygen atoms in total. The third kappa shape index (κ3) is 3.16. The summed E-state index contributed by atoms with van der Waals surface area (Å²) < 4.78 is 13.9. The van der Waals surface area contributed by atoms with Crippen LogP contribution in [0.2, 0.25) is 0 Å². The van der Waals surface area contributed by atoms with Crippen molar-refractivity contribution in [2.75, 3.05) is 11.1 Å². The molecule has 0 saturated carbocycles. The minimum absolute atomic E-state index is 0.195. The molecule has 0 bridgehead atoms. The lowest BCUT2D eigenvalue weighted by Crippen LogP contribution is -2.33. The van der Waals surface area contributed by atoms with Crippen LogP contribution in [0.4, 0.5) is 10.1 Å². The molecule has 2 atom stereocenters. The highest BCUT2D eigenvalue weighted by Crippen LogP contribution is 2.30. The predicted molar refractivity (Wildman–Crippen MR) is 77.4 cm³/mol. The zero-order chi connectivity index (χ0) is 12.4. The van der Waals surface area contributed by atoms with Crippen LogP contribution in [0.15, 0.2) is 16.6 Å². The smallest absolute Gasteiger partial charge is 0.137 e. The summed E-state index contributed by atoms with van der Waals surface area (Å²) in [5.74, 6) is 1.06. The normalized spacial score (nSPS) is 24.7. The molecule has 2 rings (SSSR count). The highest BCUT2D eigenvalue weighted by atomic mass is 79.9. The van der Waals surface area contributed by atoms with Gasteiger partial charge in [0.2, 0.25) is 0 Å². The standard InChI is InChI=1S/C13H17BrFNS/c1-8-6-11(15)10(14)7-13(8)16-12-4-3-5-17-9(12)2/h6-7,9,12,16H,3-5H2,1-2H3. The third-order valence-electron chi connectivity index (χ3n) is 3.22. The first-order valence-electron chi connectivity index (χ1n) is 5.91. The van der Waals surface area contributed by atoms with Crippen LogP contribution in [0, 0.1) is 12.7 Å². The number of halogens is 2. The molecule has 4 heteroatoms. The van der Waals surface area contributed by atoms with Crippen LogP contribution in [-0.2, 0) is 0 Å². The van der Waals surface area contributed by atoms with Gasteiger partial charge in [-0.1, -0.05) is 6.92 Å². The number of aryl methyl sites for hydroxylation is 1. The number of hydrogen-bond acceptors (Lipinski definition) is 2. The Morgan fingerprint density at radius 3 is 2.94 bits per heavy atom. The van der Waals surface area contributed by atoms with Crippen LogP contribution in [0.5, 0.6) is 0 Å². The molecule has 0 amide bonds. The molecular formula is C13H17BrFNS. The molecular weight excluding hydrogens is 301 g/mol. The van der Waals surface area contributed by atoms with Crippen molar-refractivity contribution < 1.29 is 4.39 Å². The van der Waals surface area contributed by atoms with Crippen molar-refractivity contribution in [1.29, 1.82) is 0 Å². The second-order valence-electron chi connectivity index (χ2n) is 4.55. The monoisotopic (exact) mass is 317 g/mol. The van der Waals surface area contributed by atoms with E-state index in [0.717, 1.165) is 11.3 Å². The number of thioether (sulfide) groups is 1. The molecule has 1 heterocycles. The maximum atomic E-state index is 13.3. The molecule has 0 aromatic heterocycles. The zero-order valence-corrected chi connectivity index (χ0v) is 12.5. The summed E-state index contributed by atoms with van der Waals surface area (Å²) in [6.45, 7) is 4.20. The van der Waals surface area contributed by atoms with Gasteiger partial charge in [-0.2, -0.15) is 11.8 Å². The molecule has 0 aliphatic carbocycles. The molecule has 1 aliphatic rings. The van der Waals surface area contributed by atoms with Crippen molar-refractivity contribution in [1.82, 2.24) is 0 Å². The summed E-state index contributed by atoms with van der Waals surface area (Å²) in [7, 11) is 0. The van der Waals surface area contributed by atoms with Gasteiger partial charge in [0, 0.05) is 17.0 Å².